The summed E-state index contributed by atoms with van der Waals surface area (Å²) in [5.41, 5.74) is 6.85. The molecule has 4 rings (SSSR count). The van der Waals surface area contributed by atoms with Crippen molar-refractivity contribution >= 4 is 21.4 Å². The Morgan fingerprint density at radius 2 is 1.86 bits per heavy atom. The minimum absolute atomic E-state index is 0.00470. The van der Waals surface area contributed by atoms with Gasteiger partial charge in [0.15, 0.2) is 15.7 Å². The maximum Gasteiger partial charge on any atom is 0.245 e. The second kappa shape index (κ2) is 9.79. The molecule has 3 aromatic rings. The number of hydrogen-bond acceptors (Lipinski definition) is 8. The fraction of sp³-hybridized carbons (Fsp3) is 0.385. The topological polar surface area (TPSA) is 128 Å². The Hall–Kier alpha value is -3.44. The van der Waals surface area contributed by atoms with Crippen molar-refractivity contribution in [2.45, 2.75) is 63.6 Å². The van der Waals surface area contributed by atoms with Gasteiger partial charge in [0.25, 0.3) is 0 Å². The molecule has 1 amide bonds. The summed E-state index contributed by atoms with van der Waals surface area (Å²) in [7, 11) is -4.06. The molecular formula is C26H30FN5O4S. The van der Waals surface area contributed by atoms with Crippen LogP contribution in [0.15, 0.2) is 47.5 Å². The predicted molar refractivity (Wildman–Crippen MR) is 137 cm³/mol. The minimum Gasteiger partial charge on any atom is -0.491 e. The normalized spacial score (nSPS) is 17.5. The van der Waals surface area contributed by atoms with E-state index >= 15 is 4.39 Å². The first-order valence-electron chi connectivity index (χ1n) is 11.9. The molecule has 0 unspecified atom stereocenters. The SMILES string of the molecule is CC(C)Oc1ccc(CN2C(=O)[C@@H](N)CS(=O)(=O)c3cc(F)c(-c4nncc(C(C)(C)C)n4)cc32)cc1. The molecule has 0 saturated heterocycles. The second-order valence-corrected chi connectivity index (χ2v) is 12.3. The van der Waals surface area contributed by atoms with Crippen LogP contribution < -0.4 is 15.4 Å². The molecule has 0 saturated carbocycles. The van der Waals surface area contributed by atoms with E-state index in [4.69, 9.17) is 10.5 Å². The molecule has 1 aliphatic rings. The molecule has 0 radical (unpaired) electrons. The van der Waals surface area contributed by atoms with Crippen LogP contribution in [-0.2, 0) is 26.6 Å². The maximum atomic E-state index is 15.3. The van der Waals surface area contributed by atoms with Gasteiger partial charge in [-0.05, 0) is 43.7 Å². The van der Waals surface area contributed by atoms with E-state index in [-0.39, 0.29) is 40.0 Å². The number of nitrogens with zero attached hydrogens (tertiary/aromatic N) is 4. The Balaban J connectivity index is 1.84. The summed E-state index contributed by atoms with van der Waals surface area (Å²) in [5.74, 6) is -1.42. The van der Waals surface area contributed by atoms with Crippen molar-refractivity contribution in [3.8, 4) is 17.1 Å². The third kappa shape index (κ3) is 5.62. The van der Waals surface area contributed by atoms with Gasteiger partial charge in [-0.25, -0.2) is 17.8 Å². The standard InChI is InChI=1S/C26H30FN5O4S/c1-15(2)36-17-8-6-16(7-9-17)13-32-21-10-18(24-30-23(12-29-31-24)26(3,4)5)19(27)11-22(21)37(34,35)14-20(28)25(32)33/h6-12,15,20H,13-14,28H2,1-5H3/t20-/m0/s1. The van der Waals surface area contributed by atoms with E-state index in [1.807, 2.05) is 34.6 Å². The number of aromatic nitrogens is 3. The van der Waals surface area contributed by atoms with E-state index in [0.29, 0.717) is 17.0 Å². The molecule has 0 aliphatic carbocycles. The summed E-state index contributed by atoms with van der Waals surface area (Å²) in [6.45, 7) is 9.63. The quantitative estimate of drug-likeness (QED) is 0.535. The average molecular weight is 528 g/mol. The van der Waals surface area contributed by atoms with E-state index in [0.717, 1.165) is 6.07 Å². The largest absolute Gasteiger partial charge is 0.491 e. The molecular weight excluding hydrogens is 497 g/mol. The fourth-order valence-corrected chi connectivity index (χ4v) is 5.53. The van der Waals surface area contributed by atoms with Crippen molar-refractivity contribution < 1.29 is 22.3 Å². The van der Waals surface area contributed by atoms with Crippen molar-refractivity contribution in [2.24, 2.45) is 5.73 Å². The van der Waals surface area contributed by atoms with Crippen LogP contribution in [0, 0.1) is 5.82 Å². The number of carbonyl (C=O) groups is 1. The van der Waals surface area contributed by atoms with Gasteiger partial charge in [0, 0.05) is 5.41 Å². The summed E-state index contributed by atoms with van der Waals surface area (Å²) in [4.78, 5) is 18.7. The number of rotatable bonds is 5. The molecule has 2 N–H and O–H groups in total. The van der Waals surface area contributed by atoms with Crippen LogP contribution in [-0.4, -0.2) is 47.4 Å². The number of ether oxygens (including phenoxy) is 1. The molecule has 2 heterocycles. The zero-order chi connectivity index (χ0) is 27.1. The van der Waals surface area contributed by atoms with E-state index in [1.165, 1.54) is 17.2 Å². The number of fused-ring (bicyclic) bond motifs is 1. The first kappa shape index (κ1) is 26.6. The average Bonchev–Trinajstić information content (AvgIpc) is 2.87. The Labute approximate surface area is 215 Å². The lowest BCUT2D eigenvalue weighted by molar-refractivity contribution is -0.119. The van der Waals surface area contributed by atoms with Gasteiger partial charge in [-0.1, -0.05) is 32.9 Å². The Bertz CT molecular complexity index is 1440. The van der Waals surface area contributed by atoms with Gasteiger partial charge in [0.1, 0.15) is 11.6 Å². The van der Waals surface area contributed by atoms with E-state index in [2.05, 4.69) is 15.2 Å². The van der Waals surface area contributed by atoms with Crippen LogP contribution in [0.3, 0.4) is 0 Å². The third-order valence-corrected chi connectivity index (χ3v) is 7.66. The Morgan fingerprint density at radius 3 is 2.49 bits per heavy atom. The van der Waals surface area contributed by atoms with Crippen molar-refractivity contribution in [2.75, 3.05) is 10.7 Å². The highest BCUT2D eigenvalue weighted by molar-refractivity contribution is 7.91. The molecule has 1 aromatic heterocycles. The number of hydrogen-bond donors (Lipinski definition) is 1. The van der Waals surface area contributed by atoms with Crippen molar-refractivity contribution in [1.82, 2.24) is 15.2 Å². The van der Waals surface area contributed by atoms with Gasteiger partial charge in [-0.2, -0.15) is 5.10 Å². The second-order valence-electron chi connectivity index (χ2n) is 10.3. The molecule has 0 fully saturated rings. The summed E-state index contributed by atoms with van der Waals surface area (Å²) in [6.07, 6.45) is 1.49. The number of benzene rings is 2. The lowest BCUT2D eigenvalue weighted by atomic mass is 9.93. The molecule has 1 aliphatic heterocycles. The maximum absolute atomic E-state index is 15.3. The van der Waals surface area contributed by atoms with Crippen LogP contribution in [0.5, 0.6) is 5.75 Å². The molecule has 0 spiro atoms. The zero-order valence-electron chi connectivity index (χ0n) is 21.4. The first-order chi connectivity index (χ1) is 17.3. The monoisotopic (exact) mass is 527 g/mol. The van der Waals surface area contributed by atoms with Gasteiger partial charge < -0.3 is 15.4 Å². The lowest BCUT2D eigenvalue weighted by Crippen LogP contribution is -2.45. The third-order valence-electron chi connectivity index (χ3n) is 5.86. The smallest absolute Gasteiger partial charge is 0.245 e. The molecule has 1 atom stereocenters. The van der Waals surface area contributed by atoms with Gasteiger partial charge in [-0.15, -0.1) is 5.10 Å². The van der Waals surface area contributed by atoms with Crippen LogP contribution in [0.4, 0.5) is 10.1 Å². The first-order valence-corrected chi connectivity index (χ1v) is 13.5. The summed E-state index contributed by atoms with van der Waals surface area (Å²) >= 11 is 0. The highest BCUT2D eigenvalue weighted by Gasteiger charge is 2.37. The number of anilines is 1. The molecule has 37 heavy (non-hydrogen) atoms. The van der Waals surface area contributed by atoms with E-state index in [9.17, 15) is 13.2 Å². The molecule has 9 nitrogen and oxygen atoms in total. The number of sulfone groups is 1. The summed E-state index contributed by atoms with van der Waals surface area (Å²) in [5, 5.41) is 7.94. The predicted octanol–water partition coefficient (Wildman–Crippen LogP) is 3.41. The highest BCUT2D eigenvalue weighted by Crippen LogP contribution is 2.36. The van der Waals surface area contributed by atoms with Crippen LogP contribution in [0.1, 0.15) is 45.9 Å². The van der Waals surface area contributed by atoms with Gasteiger partial charge >= 0.3 is 0 Å². The zero-order valence-corrected chi connectivity index (χ0v) is 22.2. The Kier molecular flexibility index (Phi) is 7.04. The molecule has 2 aromatic carbocycles. The molecule has 11 heteroatoms. The Morgan fingerprint density at radius 1 is 1.19 bits per heavy atom. The fourth-order valence-electron chi connectivity index (χ4n) is 3.96. The van der Waals surface area contributed by atoms with Gasteiger partial charge in [0.05, 0.1) is 52.5 Å². The van der Waals surface area contributed by atoms with Crippen LogP contribution in [0.2, 0.25) is 0 Å². The van der Waals surface area contributed by atoms with Crippen molar-refractivity contribution in [3.63, 3.8) is 0 Å². The van der Waals surface area contributed by atoms with Crippen LogP contribution >= 0.6 is 0 Å². The van der Waals surface area contributed by atoms with Gasteiger partial charge in [-0.3, -0.25) is 4.79 Å². The lowest BCUT2D eigenvalue weighted by Gasteiger charge is -2.25. The highest BCUT2D eigenvalue weighted by atomic mass is 32.2. The van der Waals surface area contributed by atoms with E-state index < -0.39 is 33.4 Å². The molecule has 0 bridgehead atoms. The number of halogens is 1. The molecule has 196 valence electrons. The van der Waals surface area contributed by atoms with E-state index in [1.54, 1.807) is 24.3 Å². The summed E-state index contributed by atoms with van der Waals surface area (Å²) < 4.78 is 47.2. The number of carbonyl (C=O) groups excluding carboxylic acids is 1. The van der Waals surface area contributed by atoms with Crippen molar-refractivity contribution in [3.05, 3.63) is 59.7 Å². The number of nitrogens with two attached hydrogens (primary N) is 1. The van der Waals surface area contributed by atoms with Crippen LogP contribution in [0.25, 0.3) is 11.4 Å². The van der Waals surface area contributed by atoms with Gasteiger partial charge in [0.2, 0.25) is 5.91 Å². The number of amides is 1. The minimum atomic E-state index is -4.06. The van der Waals surface area contributed by atoms with Crippen molar-refractivity contribution in [1.29, 1.82) is 0 Å². The summed E-state index contributed by atoms with van der Waals surface area (Å²) in [6, 6.07) is 7.98.